The highest BCUT2D eigenvalue weighted by atomic mass is 16.6. The second-order valence-corrected chi connectivity index (χ2v) is 8.88. The standard InChI is InChI=1S/C22H27N3O5/c1-24(2)7-8-25-21(26)16-13-10-14(17(16)22(25)27)20-18(13)19(23-30-20)12-6-5-11(28-3)9-15(12)29-4/h5-6,9,13-14,16-18,20H,7-8,10H2,1-4H3/t13-,14+,16-,17+,18-,20-/m1/s1. The third-order valence-electron chi connectivity index (χ3n) is 7.24. The monoisotopic (exact) mass is 413 g/mol. The van der Waals surface area contributed by atoms with E-state index in [0.717, 1.165) is 17.7 Å². The first-order valence-corrected chi connectivity index (χ1v) is 10.4. The van der Waals surface area contributed by atoms with Crippen LogP contribution in [0.1, 0.15) is 12.0 Å². The first kappa shape index (κ1) is 19.4. The number of methoxy groups -OCH3 is 2. The summed E-state index contributed by atoms with van der Waals surface area (Å²) in [5.74, 6) is 0.896. The van der Waals surface area contributed by atoms with E-state index < -0.39 is 0 Å². The summed E-state index contributed by atoms with van der Waals surface area (Å²) in [6.07, 6.45) is 0.685. The molecule has 0 aromatic heterocycles. The van der Waals surface area contributed by atoms with Crippen molar-refractivity contribution in [1.82, 2.24) is 9.80 Å². The molecule has 0 N–H and O–H groups in total. The van der Waals surface area contributed by atoms with Gasteiger partial charge < -0.3 is 19.2 Å². The lowest BCUT2D eigenvalue weighted by Gasteiger charge is -2.30. The molecule has 2 amide bonds. The van der Waals surface area contributed by atoms with Gasteiger partial charge in [0, 0.05) is 36.6 Å². The minimum atomic E-state index is -0.266. The van der Waals surface area contributed by atoms with Gasteiger partial charge in [0.05, 0.1) is 31.8 Å². The number of fused-ring (bicyclic) bond motifs is 8. The van der Waals surface area contributed by atoms with Crippen molar-refractivity contribution in [2.24, 2.45) is 34.7 Å². The van der Waals surface area contributed by atoms with Crippen molar-refractivity contribution in [2.45, 2.75) is 12.5 Å². The number of carbonyl (C=O) groups is 2. The fraction of sp³-hybridized carbons (Fsp3) is 0.591. The van der Waals surface area contributed by atoms with Gasteiger partial charge in [0.15, 0.2) is 0 Å². The summed E-state index contributed by atoms with van der Waals surface area (Å²) in [5, 5.41) is 4.40. The van der Waals surface area contributed by atoms with E-state index in [2.05, 4.69) is 5.16 Å². The number of likely N-dealkylation sites (N-methyl/N-ethyl adjacent to an activating group) is 1. The predicted octanol–water partition coefficient (Wildman–Crippen LogP) is 1.24. The largest absolute Gasteiger partial charge is 0.497 e. The van der Waals surface area contributed by atoms with Crippen molar-refractivity contribution < 1.29 is 23.9 Å². The fourth-order valence-electron chi connectivity index (χ4n) is 5.94. The highest BCUT2D eigenvalue weighted by Crippen LogP contribution is 2.61. The molecule has 0 radical (unpaired) electrons. The van der Waals surface area contributed by atoms with Gasteiger partial charge in [-0.25, -0.2) is 0 Å². The Labute approximate surface area is 175 Å². The van der Waals surface area contributed by atoms with E-state index in [1.165, 1.54) is 4.90 Å². The molecule has 2 bridgehead atoms. The Morgan fingerprint density at radius 3 is 2.50 bits per heavy atom. The molecule has 1 aromatic carbocycles. The summed E-state index contributed by atoms with van der Waals surface area (Å²) in [7, 11) is 7.11. The highest BCUT2D eigenvalue weighted by molar-refractivity contribution is 6.09. The van der Waals surface area contributed by atoms with Crippen molar-refractivity contribution in [3.05, 3.63) is 23.8 Å². The predicted molar refractivity (Wildman–Crippen MR) is 108 cm³/mol. The lowest BCUT2D eigenvalue weighted by molar-refractivity contribution is -0.141. The highest BCUT2D eigenvalue weighted by Gasteiger charge is 2.70. The third-order valence-corrected chi connectivity index (χ3v) is 7.24. The molecule has 4 aliphatic rings. The Balaban J connectivity index is 1.44. The number of imide groups is 1. The Morgan fingerprint density at radius 2 is 1.83 bits per heavy atom. The zero-order valence-electron chi connectivity index (χ0n) is 17.7. The van der Waals surface area contributed by atoms with E-state index in [9.17, 15) is 9.59 Å². The number of carbonyl (C=O) groups excluding carboxylic acids is 2. The maximum absolute atomic E-state index is 13.2. The molecular formula is C22H27N3O5. The average molecular weight is 413 g/mol. The second-order valence-electron chi connectivity index (χ2n) is 8.88. The Bertz CT molecular complexity index is 929. The molecule has 5 rings (SSSR count). The molecule has 6 atom stereocenters. The normalized spacial score (nSPS) is 33.6. The minimum absolute atomic E-state index is 0.00379. The minimum Gasteiger partial charge on any atom is -0.497 e. The molecule has 3 fully saturated rings. The lowest BCUT2D eigenvalue weighted by atomic mass is 9.71. The van der Waals surface area contributed by atoms with Crippen LogP contribution in [0.25, 0.3) is 0 Å². The van der Waals surface area contributed by atoms with E-state index >= 15 is 0 Å². The van der Waals surface area contributed by atoms with Crippen LogP contribution in [0.3, 0.4) is 0 Å². The molecule has 2 heterocycles. The molecule has 0 spiro atoms. The second kappa shape index (κ2) is 6.97. The molecular weight excluding hydrogens is 386 g/mol. The molecule has 1 saturated heterocycles. The summed E-state index contributed by atoms with van der Waals surface area (Å²) in [6.45, 7) is 1.12. The number of oxime groups is 1. The lowest BCUT2D eigenvalue weighted by Crippen LogP contribution is -2.41. The van der Waals surface area contributed by atoms with E-state index in [-0.39, 0.29) is 47.5 Å². The summed E-state index contributed by atoms with van der Waals surface area (Å²) in [5.41, 5.74) is 1.67. The van der Waals surface area contributed by atoms with Crippen LogP contribution in [-0.4, -0.2) is 74.8 Å². The van der Waals surface area contributed by atoms with Crippen LogP contribution in [0.2, 0.25) is 0 Å². The SMILES string of the molecule is COc1ccc(C2=NO[C@@H]3[C@H]4C[C@H]([C@H]5C(=O)N(CCN(C)C)C(=O)[C@@H]45)[C@H]23)c(OC)c1. The first-order chi connectivity index (χ1) is 14.5. The van der Waals surface area contributed by atoms with Crippen LogP contribution in [0.5, 0.6) is 11.5 Å². The quantitative estimate of drug-likeness (QED) is 0.653. The van der Waals surface area contributed by atoms with E-state index in [1.807, 2.05) is 37.2 Å². The van der Waals surface area contributed by atoms with Crippen LogP contribution in [-0.2, 0) is 14.4 Å². The summed E-state index contributed by atoms with van der Waals surface area (Å²) in [4.78, 5) is 35.6. The van der Waals surface area contributed by atoms with Gasteiger partial charge in [-0.1, -0.05) is 5.16 Å². The summed E-state index contributed by atoms with van der Waals surface area (Å²) in [6, 6.07) is 5.63. The molecule has 160 valence electrons. The van der Waals surface area contributed by atoms with E-state index in [1.54, 1.807) is 14.2 Å². The van der Waals surface area contributed by atoms with E-state index in [0.29, 0.717) is 24.6 Å². The topological polar surface area (TPSA) is 80.7 Å². The number of amides is 2. The number of nitrogens with zero attached hydrogens (tertiary/aromatic N) is 3. The number of likely N-dealkylation sites (tertiary alicyclic amines) is 1. The van der Waals surface area contributed by atoms with Gasteiger partial charge in [0.1, 0.15) is 17.6 Å². The number of hydrogen-bond acceptors (Lipinski definition) is 7. The Morgan fingerprint density at radius 1 is 1.10 bits per heavy atom. The zero-order chi connectivity index (χ0) is 21.2. The van der Waals surface area contributed by atoms with Crippen molar-refractivity contribution >= 4 is 17.5 Å². The number of benzene rings is 1. The zero-order valence-corrected chi connectivity index (χ0v) is 17.7. The van der Waals surface area contributed by atoms with Gasteiger partial charge in [-0.3, -0.25) is 14.5 Å². The van der Waals surface area contributed by atoms with Crippen LogP contribution >= 0.6 is 0 Å². The smallest absolute Gasteiger partial charge is 0.233 e. The molecule has 2 aliphatic heterocycles. The third kappa shape index (κ3) is 2.59. The van der Waals surface area contributed by atoms with Crippen LogP contribution in [0.15, 0.2) is 23.4 Å². The molecule has 0 unspecified atom stereocenters. The Hall–Kier alpha value is -2.61. The molecule has 2 aliphatic carbocycles. The summed E-state index contributed by atoms with van der Waals surface area (Å²) < 4.78 is 10.9. The van der Waals surface area contributed by atoms with Crippen molar-refractivity contribution in [3.8, 4) is 11.5 Å². The van der Waals surface area contributed by atoms with Crippen LogP contribution < -0.4 is 9.47 Å². The number of rotatable bonds is 6. The van der Waals surface area contributed by atoms with Gasteiger partial charge in [-0.05, 0) is 38.6 Å². The van der Waals surface area contributed by atoms with Crippen LogP contribution in [0.4, 0.5) is 0 Å². The van der Waals surface area contributed by atoms with Crippen molar-refractivity contribution in [3.63, 3.8) is 0 Å². The van der Waals surface area contributed by atoms with Gasteiger partial charge in [-0.15, -0.1) is 0 Å². The van der Waals surface area contributed by atoms with Gasteiger partial charge >= 0.3 is 0 Å². The number of hydrogen-bond donors (Lipinski definition) is 0. The van der Waals surface area contributed by atoms with Crippen molar-refractivity contribution in [2.75, 3.05) is 41.4 Å². The van der Waals surface area contributed by atoms with Gasteiger partial charge in [0.2, 0.25) is 11.8 Å². The van der Waals surface area contributed by atoms with Crippen molar-refractivity contribution in [1.29, 1.82) is 0 Å². The maximum atomic E-state index is 13.2. The maximum Gasteiger partial charge on any atom is 0.233 e. The molecule has 30 heavy (non-hydrogen) atoms. The summed E-state index contributed by atoms with van der Waals surface area (Å²) >= 11 is 0. The van der Waals surface area contributed by atoms with Crippen LogP contribution in [0, 0.1) is 29.6 Å². The van der Waals surface area contributed by atoms with Gasteiger partial charge in [0.25, 0.3) is 0 Å². The Kier molecular flexibility index (Phi) is 4.50. The first-order valence-electron chi connectivity index (χ1n) is 10.4. The number of ether oxygens (including phenoxy) is 2. The average Bonchev–Trinajstić information content (AvgIpc) is 3.47. The molecule has 8 heteroatoms. The molecule has 1 aromatic rings. The molecule has 2 saturated carbocycles. The van der Waals surface area contributed by atoms with E-state index in [4.69, 9.17) is 14.3 Å². The fourth-order valence-corrected chi connectivity index (χ4v) is 5.94. The molecule has 8 nitrogen and oxygen atoms in total. The van der Waals surface area contributed by atoms with Gasteiger partial charge in [-0.2, -0.15) is 0 Å².